The van der Waals surface area contributed by atoms with Gasteiger partial charge in [-0.2, -0.15) is 0 Å². The maximum absolute atomic E-state index is 12.0. The molecule has 0 aliphatic heterocycles. The molecule has 0 amide bonds. The van der Waals surface area contributed by atoms with Gasteiger partial charge in [-0.25, -0.2) is 4.68 Å². The number of carboxylic acid groups (broad SMARTS) is 1. The van der Waals surface area contributed by atoms with Gasteiger partial charge in [-0.05, 0) is 19.1 Å². The first kappa shape index (κ1) is 11.2. The van der Waals surface area contributed by atoms with E-state index in [9.17, 15) is 14.7 Å². The summed E-state index contributed by atoms with van der Waals surface area (Å²) >= 11 is 0. The Morgan fingerprint density at radius 2 is 1.82 bits per heavy atom. The summed E-state index contributed by atoms with van der Waals surface area (Å²) in [6.45, 7) is 1.58. The van der Waals surface area contributed by atoms with Crippen LogP contribution < -0.4 is 10.7 Å². The van der Waals surface area contributed by atoms with E-state index >= 15 is 0 Å². The van der Waals surface area contributed by atoms with Crippen LogP contribution in [0.4, 0.5) is 0 Å². The van der Waals surface area contributed by atoms with E-state index in [-0.39, 0.29) is 5.56 Å². The molecule has 0 fully saturated rings. The third-order valence-corrected chi connectivity index (χ3v) is 2.76. The molecule has 17 heavy (non-hydrogen) atoms. The van der Waals surface area contributed by atoms with E-state index in [1.165, 1.54) is 9.36 Å². The molecule has 0 saturated heterocycles. The number of aromatic carboxylic acids is 1. The monoisotopic (exact) mass is 231 g/mol. The van der Waals surface area contributed by atoms with E-state index in [0.29, 0.717) is 11.4 Å². The summed E-state index contributed by atoms with van der Waals surface area (Å²) in [4.78, 5) is 22.9. The molecule has 1 heterocycles. The molecule has 0 saturated carbocycles. The smallest absolute Gasteiger partial charge is 0.280 e. The van der Waals surface area contributed by atoms with E-state index in [2.05, 4.69) is 0 Å². The fourth-order valence-electron chi connectivity index (χ4n) is 1.80. The van der Waals surface area contributed by atoms with Crippen molar-refractivity contribution in [3.63, 3.8) is 0 Å². The molecule has 0 spiro atoms. The quantitative estimate of drug-likeness (QED) is 0.721. The van der Waals surface area contributed by atoms with Gasteiger partial charge in [0.15, 0.2) is 0 Å². The summed E-state index contributed by atoms with van der Waals surface area (Å²) in [5, 5.41) is 10.9. The van der Waals surface area contributed by atoms with E-state index in [1.54, 1.807) is 38.2 Å². The minimum atomic E-state index is -1.45. The standard InChI is InChI=1S/C12H12N2O3/c1-8-10(12(16)17)11(15)14(13(8)2)9-6-4-3-5-7-9/h3-7H,1-2H3,(H,16,17)/p-1. The SMILES string of the molecule is Cc1c(C(=O)[O-])c(=O)n(-c2ccccc2)n1C. The van der Waals surface area contributed by atoms with Crippen molar-refractivity contribution in [3.8, 4) is 5.69 Å². The normalized spacial score (nSPS) is 10.5. The van der Waals surface area contributed by atoms with Crippen molar-refractivity contribution in [2.24, 2.45) is 7.05 Å². The number of carbonyl (C=O) groups excluding carboxylic acids is 1. The van der Waals surface area contributed by atoms with E-state index < -0.39 is 11.5 Å². The second-order valence-corrected chi connectivity index (χ2v) is 3.72. The molecule has 0 bridgehead atoms. The van der Waals surface area contributed by atoms with Gasteiger partial charge < -0.3 is 9.90 Å². The van der Waals surface area contributed by atoms with Crippen molar-refractivity contribution >= 4 is 5.97 Å². The largest absolute Gasteiger partial charge is 0.545 e. The molecular formula is C12H11N2O3-. The highest BCUT2D eigenvalue weighted by molar-refractivity contribution is 5.86. The highest BCUT2D eigenvalue weighted by atomic mass is 16.4. The number of para-hydroxylation sites is 1. The Labute approximate surface area is 97.5 Å². The zero-order chi connectivity index (χ0) is 12.6. The van der Waals surface area contributed by atoms with Crippen LogP contribution in [-0.2, 0) is 7.05 Å². The summed E-state index contributed by atoms with van der Waals surface area (Å²) in [6, 6.07) is 8.86. The second-order valence-electron chi connectivity index (χ2n) is 3.72. The summed E-state index contributed by atoms with van der Waals surface area (Å²) in [5.74, 6) is -1.45. The zero-order valence-electron chi connectivity index (χ0n) is 9.51. The van der Waals surface area contributed by atoms with Crippen LogP contribution in [0, 0.1) is 6.92 Å². The number of nitrogens with zero attached hydrogens (tertiary/aromatic N) is 2. The molecule has 0 unspecified atom stereocenters. The van der Waals surface area contributed by atoms with Crippen LogP contribution >= 0.6 is 0 Å². The summed E-state index contributed by atoms with van der Waals surface area (Å²) in [6.07, 6.45) is 0. The fourth-order valence-corrected chi connectivity index (χ4v) is 1.80. The predicted molar refractivity (Wildman–Crippen MR) is 60.1 cm³/mol. The van der Waals surface area contributed by atoms with Crippen LogP contribution in [0.1, 0.15) is 16.1 Å². The highest BCUT2D eigenvalue weighted by Gasteiger charge is 2.16. The molecule has 0 aliphatic rings. The van der Waals surface area contributed by atoms with Crippen LogP contribution in [0.15, 0.2) is 35.1 Å². The van der Waals surface area contributed by atoms with E-state index in [0.717, 1.165) is 0 Å². The number of aromatic nitrogens is 2. The predicted octanol–water partition coefficient (Wildman–Crippen LogP) is -0.152. The number of rotatable bonds is 2. The topological polar surface area (TPSA) is 67.1 Å². The van der Waals surface area contributed by atoms with Crippen molar-refractivity contribution in [3.05, 3.63) is 51.9 Å². The molecule has 2 rings (SSSR count). The third kappa shape index (κ3) is 1.65. The molecule has 0 N–H and O–H groups in total. The summed E-state index contributed by atoms with van der Waals surface area (Å²) in [7, 11) is 1.64. The Balaban J connectivity index is 2.77. The van der Waals surface area contributed by atoms with Gasteiger partial charge in [0.2, 0.25) is 0 Å². The Kier molecular flexibility index (Phi) is 2.59. The molecule has 88 valence electrons. The lowest BCUT2D eigenvalue weighted by Crippen LogP contribution is -2.30. The summed E-state index contributed by atoms with van der Waals surface area (Å²) < 4.78 is 2.81. The Morgan fingerprint density at radius 1 is 1.24 bits per heavy atom. The molecule has 1 aromatic carbocycles. The Bertz CT molecular complexity index is 623. The lowest BCUT2D eigenvalue weighted by atomic mass is 10.2. The van der Waals surface area contributed by atoms with Crippen molar-refractivity contribution in [1.82, 2.24) is 9.36 Å². The number of carboxylic acids is 1. The van der Waals surface area contributed by atoms with E-state index in [4.69, 9.17) is 0 Å². The van der Waals surface area contributed by atoms with Crippen LogP contribution in [0.3, 0.4) is 0 Å². The third-order valence-electron chi connectivity index (χ3n) is 2.76. The van der Waals surface area contributed by atoms with Crippen LogP contribution in [0.2, 0.25) is 0 Å². The molecule has 5 nitrogen and oxygen atoms in total. The van der Waals surface area contributed by atoms with E-state index in [1.807, 2.05) is 6.07 Å². The van der Waals surface area contributed by atoms with Crippen molar-refractivity contribution in [2.75, 3.05) is 0 Å². The lowest BCUT2D eigenvalue weighted by molar-refractivity contribution is -0.255. The number of hydrogen-bond donors (Lipinski definition) is 0. The Hall–Kier alpha value is -2.30. The lowest BCUT2D eigenvalue weighted by Gasteiger charge is -2.07. The van der Waals surface area contributed by atoms with Gasteiger partial charge in [-0.15, -0.1) is 0 Å². The van der Waals surface area contributed by atoms with Gasteiger partial charge in [0.05, 0.1) is 17.2 Å². The minimum absolute atomic E-state index is 0.295. The van der Waals surface area contributed by atoms with Crippen LogP contribution in [0.25, 0.3) is 5.69 Å². The zero-order valence-corrected chi connectivity index (χ0v) is 9.51. The first-order chi connectivity index (χ1) is 8.04. The maximum Gasteiger partial charge on any atom is 0.280 e. The minimum Gasteiger partial charge on any atom is -0.545 e. The van der Waals surface area contributed by atoms with Crippen molar-refractivity contribution in [2.45, 2.75) is 6.92 Å². The van der Waals surface area contributed by atoms with Gasteiger partial charge in [0.1, 0.15) is 0 Å². The highest BCUT2D eigenvalue weighted by Crippen LogP contribution is 2.09. The number of hydrogen-bond acceptors (Lipinski definition) is 3. The first-order valence-corrected chi connectivity index (χ1v) is 5.09. The van der Waals surface area contributed by atoms with Gasteiger partial charge in [0.25, 0.3) is 5.56 Å². The van der Waals surface area contributed by atoms with Gasteiger partial charge in [0, 0.05) is 12.7 Å². The molecule has 1 aromatic heterocycles. The van der Waals surface area contributed by atoms with Gasteiger partial charge in [-0.1, -0.05) is 18.2 Å². The molecule has 0 radical (unpaired) electrons. The molecule has 0 aliphatic carbocycles. The average molecular weight is 231 g/mol. The maximum atomic E-state index is 12.0. The average Bonchev–Trinajstić information content (AvgIpc) is 2.51. The molecule has 0 atom stereocenters. The molecule has 5 heteroatoms. The van der Waals surface area contributed by atoms with Crippen molar-refractivity contribution in [1.29, 1.82) is 0 Å². The second kappa shape index (κ2) is 3.93. The van der Waals surface area contributed by atoms with Gasteiger partial charge >= 0.3 is 0 Å². The summed E-state index contributed by atoms with van der Waals surface area (Å²) in [5.41, 5.74) is 0.127. The van der Waals surface area contributed by atoms with Crippen LogP contribution in [-0.4, -0.2) is 15.3 Å². The number of benzene rings is 1. The Morgan fingerprint density at radius 3 is 2.29 bits per heavy atom. The van der Waals surface area contributed by atoms with Gasteiger partial charge in [-0.3, -0.25) is 9.48 Å². The number of carbonyl (C=O) groups is 1. The fraction of sp³-hybridized carbons (Fsp3) is 0.167. The first-order valence-electron chi connectivity index (χ1n) is 5.09. The molecule has 2 aromatic rings. The van der Waals surface area contributed by atoms with Crippen molar-refractivity contribution < 1.29 is 9.90 Å². The van der Waals surface area contributed by atoms with Crippen LogP contribution in [0.5, 0.6) is 0 Å². The molecular weight excluding hydrogens is 220 g/mol.